The molecule has 0 aromatic heterocycles. The molecular formula is C33H48N2O2. The Morgan fingerprint density at radius 1 is 1.08 bits per heavy atom. The predicted octanol–water partition coefficient (Wildman–Crippen LogP) is 7.16. The van der Waals surface area contributed by atoms with E-state index in [2.05, 4.69) is 65.1 Å². The fraction of sp³-hybridized carbons (Fsp3) is 0.788. The summed E-state index contributed by atoms with van der Waals surface area (Å²) in [5.41, 5.74) is 2.13. The number of amides is 1. The zero-order valence-electron chi connectivity index (χ0n) is 24.3. The summed E-state index contributed by atoms with van der Waals surface area (Å²) in [7, 11) is 1.73. The van der Waals surface area contributed by atoms with E-state index in [9.17, 15) is 14.9 Å². The van der Waals surface area contributed by atoms with E-state index in [1.807, 2.05) is 0 Å². The van der Waals surface area contributed by atoms with Gasteiger partial charge in [0.2, 0.25) is 5.91 Å². The van der Waals surface area contributed by atoms with E-state index in [-0.39, 0.29) is 38.9 Å². The Hall–Kier alpha value is -1.89. The lowest BCUT2D eigenvalue weighted by molar-refractivity contribution is -0.171. The van der Waals surface area contributed by atoms with Crippen molar-refractivity contribution < 1.29 is 9.59 Å². The first-order valence-corrected chi connectivity index (χ1v) is 14.8. The third kappa shape index (κ3) is 3.73. The molecule has 4 nitrogen and oxygen atoms in total. The number of hydrogen-bond donors (Lipinski definition) is 1. The van der Waals surface area contributed by atoms with Gasteiger partial charge in [-0.05, 0) is 103 Å². The Morgan fingerprint density at radius 2 is 1.78 bits per heavy atom. The fourth-order valence-corrected chi connectivity index (χ4v) is 10.5. The van der Waals surface area contributed by atoms with Crippen LogP contribution in [0, 0.1) is 62.1 Å². The highest BCUT2D eigenvalue weighted by molar-refractivity contribution is 5.95. The first-order chi connectivity index (χ1) is 17.3. The second kappa shape index (κ2) is 8.56. The highest BCUT2D eigenvalue weighted by Crippen LogP contribution is 2.74. The number of nitrogens with zero attached hydrogens (tertiary/aromatic N) is 1. The number of carbonyl (C=O) groups is 2. The largest absolute Gasteiger partial charge is 0.359 e. The molecule has 3 saturated carbocycles. The normalized spacial score (nSPS) is 46.2. The number of allylic oxidation sites excluding steroid dienone is 4. The van der Waals surface area contributed by atoms with Gasteiger partial charge in [0.25, 0.3) is 0 Å². The minimum absolute atomic E-state index is 0.0137. The first-order valence-electron chi connectivity index (χ1n) is 14.8. The lowest BCUT2D eigenvalue weighted by atomic mass is 9.34. The van der Waals surface area contributed by atoms with Gasteiger partial charge >= 0.3 is 0 Å². The van der Waals surface area contributed by atoms with E-state index in [1.165, 1.54) is 12.0 Å². The van der Waals surface area contributed by atoms with Gasteiger partial charge in [-0.2, -0.15) is 5.26 Å². The number of nitriles is 1. The molecule has 37 heavy (non-hydrogen) atoms. The molecular weight excluding hydrogens is 456 g/mol. The second-order valence-electron chi connectivity index (χ2n) is 15.1. The molecule has 5 rings (SSSR count). The molecule has 2 unspecified atom stereocenters. The molecule has 4 heteroatoms. The van der Waals surface area contributed by atoms with Crippen molar-refractivity contribution in [2.75, 3.05) is 7.05 Å². The molecule has 5 aliphatic carbocycles. The molecule has 5 aliphatic rings. The van der Waals surface area contributed by atoms with Crippen LogP contribution in [0.15, 0.2) is 23.3 Å². The molecule has 0 aromatic carbocycles. The van der Waals surface area contributed by atoms with E-state index in [4.69, 9.17) is 0 Å². The number of carbonyl (C=O) groups excluding carboxylic acids is 2. The second-order valence-corrected chi connectivity index (χ2v) is 15.1. The summed E-state index contributed by atoms with van der Waals surface area (Å²) in [6.45, 7) is 14.3. The van der Waals surface area contributed by atoms with Gasteiger partial charge in [-0.15, -0.1) is 0 Å². The highest BCUT2D eigenvalue weighted by atomic mass is 16.1. The Kier molecular flexibility index (Phi) is 6.18. The van der Waals surface area contributed by atoms with Gasteiger partial charge < -0.3 is 5.32 Å². The maximum atomic E-state index is 14.4. The van der Waals surface area contributed by atoms with Gasteiger partial charge in [0.15, 0.2) is 5.78 Å². The predicted molar refractivity (Wildman–Crippen MR) is 147 cm³/mol. The van der Waals surface area contributed by atoms with Crippen LogP contribution in [0.25, 0.3) is 0 Å². The van der Waals surface area contributed by atoms with Gasteiger partial charge in [0, 0.05) is 30.4 Å². The molecule has 0 spiro atoms. The molecule has 0 saturated heterocycles. The summed E-state index contributed by atoms with van der Waals surface area (Å²) >= 11 is 0. The van der Waals surface area contributed by atoms with E-state index in [0.29, 0.717) is 30.0 Å². The Labute approximate surface area is 224 Å². The standard InChI is InChI=1S/C33H48N2O2/c1-21-16-22(20-34)18-30(4)23(21)8-10-31(5)26(30)17-25(36)28-24-19-29(2,3)12-14-33(24,11-9-27(37)35-7)15-13-32(28,31)6/h17-18,21,23-24,28H,8-16,19H2,1-7H3,(H,35,37)/t21-,23+,24?,28?,30+,31-,32-,33-/m1/s1. The number of nitrogens with one attached hydrogen (secondary N) is 1. The van der Waals surface area contributed by atoms with Gasteiger partial charge in [0.05, 0.1) is 6.07 Å². The number of rotatable bonds is 3. The third-order valence-corrected chi connectivity index (χ3v) is 12.8. The van der Waals surface area contributed by atoms with Crippen LogP contribution < -0.4 is 5.32 Å². The molecule has 3 fully saturated rings. The van der Waals surface area contributed by atoms with Crippen LogP contribution in [0.5, 0.6) is 0 Å². The van der Waals surface area contributed by atoms with Crippen molar-refractivity contribution in [3.8, 4) is 6.07 Å². The molecule has 202 valence electrons. The van der Waals surface area contributed by atoms with Crippen LogP contribution in [0.3, 0.4) is 0 Å². The minimum Gasteiger partial charge on any atom is -0.359 e. The zero-order chi connectivity index (χ0) is 27.0. The lowest BCUT2D eigenvalue weighted by Gasteiger charge is -2.69. The van der Waals surface area contributed by atoms with Crippen molar-refractivity contribution in [1.82, 2.24) is 5.32 Å². The van der Waals surface area contributed by atoms with Crippen LogP contribution >= 0.6 is 0 Å². The lowest BCUT2D eigenvalue weighted by Crippen LogP contribution is -2.64. The highest BCUT2D eigenvalue weighted by Gasteiger charge is 2.68. The molecule has 0 radical (unpaired) electrons. The van der Waals surface area contributed by atoms with Crippen LogP contribution in [0.2, 0.25) is 0 Å². The molecule has 0 aromatic rings. The van der Waals surface area contributed by atoms with E-state index in [0.717, 1.165) is 56.9 Å². The zero-order valence-corrected chi connectivity index (χ0v) is 24.3. The fourth-order valence-electron chi connectivity index (χ4n) is 10.5. The summed E-state index contributed by atoms with van der Waals surface area (Å²) in [6.07, 6.45) is 14.5. The average molecular weight is 505 g/mol. The topological polar surface area (TPSA) is 70.0 Å². The van der Waals surface area contributed by atoms with Gasteiger partial charge in [-0.1, -0.05) is 53.2 Å². The summed E-state index contributed by atoms with van der Waals surface area (Å²) in [5, 5.41) is 12.7. The number of fused-ring (bicyclic) bond motifs is 7. The van der Waals surface area contributed by atoms with Gasteiger partial charge in [-0.25, -0.2) is 0 Å². The van der Waals surface area contributed by atoms with Crippen molar-refractivity contribution in [2.45, 2.75) is 106 Å². The van der Waals surface area contributed by atoms with E-state index < -0.39 is 0 Å². The number of ketones is 1. The van der Waals surface area contributed by atoms with Crippen LogP contribution in [-0.2, 0) is 9.59 Å². The van der Waals surface area contributed by atoms with Crippen molar-refractivity contribution in [2.24, 2.45) is 50.7 Å². The third-order valence-electron chi connectivity index (χ3n) is 12.8. The molecule has 1 N–H and O–H groups in total. The summed E-state index contributed by atoms with van der Waals surface area (Å²) in [6, 6.07) is 2.47. The van der Waals surface area contributed by atoms with Crippen LogP contribution in [0.4, 0.5) is 0 Å². The maximum Gasteiger partial charge on any atom is 0.219 e. The smallest absolute Gasteiger partial charge is 0.219 e. The SMILES string of the molecule is CNC(=O)CC[C@]12CCC(C)(C)CC1C1C(=O)C=C3[C@@]4(C)C=C(C#N)C[C@@H](C)[C@@H]4CC[C@@]3(C)[C@]1(C)CC2. The Balaban J connectivity index is 1.62. The van der Waals surface area contributed by atoms with E-state index >= 15 is 0 Å². The van der Waals surface area contributed by atoms with Crippen LogP contribution in [-0.4, -0.2) is 18.7 Å². The minimum atomic E-state index is -0.223. The average Bonchev–Trinajstić information content (AvgIpc) is 2.83. The molecule has 0 heterocycles. The number of hydrogen-bond acceptors (Lipinski definition) is 3. The van der Waals surface area contributed by atoms with E-state index in [1.54, 1.807) is 7.05 Å². The van der Waals surface area contributed by atoms with Crippen molar-refractivity contribution >= 4 is 11.7 Å². The van der Waals surface area contributed by atoms with Crippen LogP contribution in [0.1, 0.15) is 106 Å². The Morgan fingerprint density at radius 3 is 2.46 bits per heavy atom. The molecule has 0 bridgehead atoms. The Bertz CT molecular complexity index is 1110. The van der Waals surface area contributed by atoms with Crippen molar-refractivity contribution in [3.05, 3.63) is 23.3 Å². The summed E-state index contributed by atoms with van der Waals surface area (Å²) in [4.78, 5) is 26.8. The van der Waals surface area contributed by atoms with Crippen molar-refractivity contribution in [3.63, 3.8) is 0 Å². The molecule has 1 amide bonds. The van der Waals surface area contributed by atoms with Crippen molar-refractivity contribution in [1.29, 1.82) is 5.26 Å². The van der Waals surface area contributed by atoms with Gasteiger partial charge in [0.1, 0.15) is 0 Å². The maximum absolute atomic E-state index is 14.4. The molecule has 0 aliphatic heterocycles. The quantitative estimate of drug-likeness (QED) is 0.443. The summed E-state index contributed by atoms with van der Waals surface area (Å²) in [5.74, 6) is 1.73. The molecule has 8 atom stereocenters. The first kappa shape index (κ1) is 26.7. The monoisotopic (exact) mass is 504 g/mol. The summed E-state index contributed by atoms with van der Waals surface area (Å²) < 4.78 is 0. The van der Waals surface area contributed by atoms with Gasteiger partial charge in [-0.3, -0.25) is 9.59 Å².